The minimum atomic E-state index is 0.534. The fourth-order valence-corrected chi connectivity index (χ4v) is 2.52. The van der Waals surface area contributed by atoms with Crippen LogP contribution in [0.1, 0.15) is 17.9 Å². The van der Waals surface area contributed by atoms with E-state index >= 15 is 0 Å². The van der Waals surface area contributed by atoms with Crippen LogP contribution in [0, 0.1) is 0 Å². The quantitative estimate of drug-likeness (QED) is 0.822. The van der Waals surface area contributed by atoms with Gasteiger partial charge in [0.25, 0.3) is 0 Å². The lowest BCUT2D eigenvalue weighted by Crippen LogP contribution is -2.23. The maximum Gasteiger partial charge on any atom is 0.0407 e. The Labute approximate surface area is 114 Å². The number of nitrogens with two attached hydrogens (primary N) is 1. The fourth-order valence-electron chi connectivity index (χ4n) is 2.52. The van der Waals surface area contributed by atoms with Crippen LogP contribution < -0.4 is 10.6 Å². The third-order valence-corrected chi connectivity index (χ3v) is 3.63. The van der Waals surface area contributed by atoms with E-state index in [0.29, 0.717) is 5.92 Å². The second-order valence-corrected chi connectivity index (χ2v) is 4.93. The van der Waals surface area contributed by atoms with Crippen LogP contribution in [0.25, 0.3) is 0 Å². The summed E-state index contributed by atoms with van der Waals surface area (Å²) in [5, 5.41) is 0. The van der Waals surface area contributed by atoms with Crippen LogP contribution in [0.5, 0.6) is 0 Å². The van der Waals surface area contributed by atoms with Gasteiger partial charge in [-0.25, -0.2) is 0 Å². The molecule has 0 fully saturated rings. The highest BCUT2D eigenvalue weighted by Crippen LogP contribution is 2.28. The van der Waals surface area contributed by atoms with Crippen molar-refractivity contribution in [2.24, 2.45) is 0 Å². The molecule has 96 valence electrons. The molecule has 0 saturated heterocycles. The molecule has 19 heavy (non-hydrogen) atoms. The van der Waals surface area contributed by atoms with Crippen molar-refractivity contribution in [1.82, 2.24) is 0 Å². The zero-order valence-electron chi connectivity index (χ0n) is 10.9. The van der Waals surface area contributed by atoms with Gasteiger partial charge in [0.2, 0.25) is 0 Å². The van der Waals surface area contributed by atoms with Gasteiger partial charge in [-0.1, -0.05) is 36.4 Å². The van der Waals surface area contributed by atoms with Gasteiger partial charge in [0.15, 0.2) is 0 Å². The minimum absolute atomic E-state index is 0.534. The topological polar surface area (TPSA) is 29.3 Å². The van der Waals surface area contributed by atoms with E-state index in [1.54, 1.807) is 0 Å². The van der Waals surface area contributed by atoms with Crippen molar-refractivity contribution in [3.8, 4) is 0 Å². The van der Waals surface area contributed by atoms with Gasteiger partial charge in [0.05, 0.1) is 0 Å². The van der Waals surface area contributed by atoms with Crippen LogP contribution in [0.3, 0.4) is 0 Å². The Hall–Kier alpha value is -2.22. The van der Waals surface area contributed by atoms with Gasteiger partial charge < -0.3 is 10.6 Å². The van der Waals surface area contributed by atoms with Crippen LogP contribution in [0.15, 0.2) is 66.9 Å². The molecule has 0 radical (unpaired) electrons. The lowest BCUT2D eigenvalue weighted by atomic mass is 9.93. The smallest absolute Gasteiger partial charge is 0.0407 e. The third kappa shape index (κ3) is 2.63. The summed E-state index contributed by atoms with van der Waals surface area (Å²) in [7, 11) is 0. The molecule has 0 unspecified atom stereocenters. The van der Waals surface area contributed by atoms with Crippen molar-refractivity contribution in [2.75, 3.05) is 17.2 Å². The molecule has 0 amide bonds. The zero-order chi connectivity index (χ0) is 13.1. The Morgan fingerprint density at radius 3 is 2.32 bits per heavy atom. The Bertz CT molecular complexity index is 558. The molecule has 2 heteroatoms. The number of benzene rings is 2. The fraction of sp³-hybridized carbons (Fsp3) is 0.176. The van der Waals surface area contributed by atoms with Crippen LogP contribution in [0.2, 0.25) is 0 Å². The second-order valence-electron chi connectivity index (χ2n) is 4.93. The molecular weight excluding hydrogens is 232 g/mol. The maximum absolute atomic E-state index is 5.72. The molecule has 0 spiro atoms. The summed E-state index contributed by atoms with van der Waals surface area (Å²) in [6.07, 6.45) is 5.62. The molecule has 1 aliphatic rings. The van der Waals surface area contributed by atoms with Crippen molar-refractivity contribution < 1.29 is 0 Å². The predicted octanol–water partition coefficient (Wildman–Crippen LogP) is 3.78. The summed E-state index contributed by atoms with van der Waals surface area (Å²) < 4.78 is 0. The van der Waals surface area contributed by atoms with Gasteiger partial charge in [-0.3, -0.25) is 0 Å². The standard InChI is InChI=1S/C17H18N2/c18-16-6-8-17(9-7-16)19-12-10-15(11-13-19)14-4-2-1-3-5-14/h1-10,12,15H,11,13,18H2/t15-/m1/s1. The first-order valence-electron chi connectivity index (χ1n) is 6.68. The molecule has 2 nitrogen and oxygen atoms in total. The van der Waals surface area contributed by atoms with E-state index in [1.807, 2.05) is 12.1 Å². The van der Waals surface area contributed by atoms with Crippen LogP contribution >= 0.6 is 0 Å². The predicted molar refractivity (Wildman–Crippen MR) is 81.1 cm³/mol. The molecule has 3 rings (SSSR count). The van der Waals surface area contributed by atoms with E-state index in [1.165, 1.54) is 11.3 Å². The Morgan fingerprint density at radius 1 is 0.947 bits per heavy atom. The molecule has 2 aromatic carbocycles. The Kier molecular flexibility index (Phi) is 3.23. The number of hydrogen-bond acceptors (Lipinski definition) is 2. The maximum atomic E-state index is 5.72. The van der Waals surface area contributed by atoms with Crippen LogP contribution in [0.4, 0.5) is 11.4 Å². The van der Waals surface area contributed by atoms with E-state index in [-0.39, 0.29) is 0 Å². The van der Waals surface area contributed by atoms with E-state index < -0.39 is 0 Å². The Balaban J connectivity index is 1.75. The normalized spacial score (nSPS) is 18.5. The van der Waals surface area contributed by atoms with Crippen molar-refractivity contribution in [2.45, 2.75) is 12.3 Å². The summed E-state index contributed by atoms with van der Waals surface area (Å²) in [5.41, 5.74) is 9.13. The SMILES string of the molecule is Nc1ccc(N2C=C[C@@H](c3ccccc3)CC2)cc1. The van der Waals surface area contributed by atoms with Crippen LogP contribution in [-0.2, 0) is 0 Å². The summed E-state index contributed by atoms with van der Waals surface area (Å²) in [6, 6.07) is 18.7. The number of nitrogens with zero attached hydrogens (tertiary/aromatic N) is 1. The molecule has 2 N–H and O–H groups in total. The van der Waals surface area contributed by atoms with Crippen LogP contribution in [-0.4, -0.2) is 6.54 Å². The first-order chi connectivity index (χ1) is 9.33. The third-order valence-electron chi connectivity index (χ3n) is 3.63. The van der Waals surface area contributed by atoms with Gasteiger partial charge in [0, 0.05) is 30.0 Å². The number of anilines is 2. The highest BCUT2D eigenvalue weighted by atomic mass is 15.1. The average Bonchev–Trinajstić information content (AvgIpc) is 2.49. The minimum Gasteiger partial charge on any atom is -0.399 e. The molecule has 1 aliphatic heterocycles. The molecule has 1 heterocycles. The number of hydrogen-bond donors (Lipinski definition) is 1. The molecule has 2 aromatic rings. The van der Waals surface area contributed by atoms with E-state index in [9.17, 15) is 0 Å². The highest BCUT2D eigenvalue weighted by Gasteiger charge is 2.15. The molecule has 0 saturated carbocycles. The summed E-state index contributed by atoms with van der Waals surface area (Å²) in [5.74, 6) is 0.534. The first-order valence-corrected chi connectivity index (χ1v) is 6.68. The molecule has 1 atom stereocenters. The largest absolute Gasteiger partial charge is 0.399 e. The number of allylic oxidation sites excluding steroid dienone is 1. The second kappa shape index (κ2) is 5.19. The van der Waals surface area contributed by atoms with E-state index in [2.05, 4.69) is 59.6 Å². The molecular formula is C17H18N2. The zero-order valence-corrected chi connectivity index (χ0v) is 10.9. The lowest BCUT2D eigenvalue weighted by molar-refractivity contribution is 0.699. The summed E-state index contributed by atoms with van der Waals surface area (Å²) in [4.78, 5) is 2.28. The molecule has 0 aliphatic carbocycles. The van der Waals surface area contributed by atoms with E-state index in [0.717, 1.165) is 18.7 Å². The summed E-state index contributed by atoms with van der Waals surface area (Å²) in [6.45, 7) is 1.04. The van der Waals surface area contributed by atoms with Crippen molar-refractivity contribution in [3.05, 3.63) is 72.4 Å². The van der Waals surface area contributed by atoms with Gasteiger partial charge in [-0.2, -0.15) is 0 Å². The van der Waals surface area contributed by atoms with Crippen molar-refractivity contribution in [3.63, 3.8) is 0 Å². The average molecular weight is 250 g/mol. The lowest BCUT2D eigenvalue weighted by Gasteiger charge is -2.28. The van der Waals surface area contributed by atoms with E-state index in [4.69, 9.17) is 5.73 Å². The monoisotopic (exact) mass is 250 g/mol. The Morgan fingerprint density at radius 2 is 1.68 bits per heavy atom. The highest BCUT2D eigenvalue weighted by molar-refractivity contribution is 5.55. The number of rotatable bonds is 2. The first kappa shape index (κ1) is 11.8. The molecule has 0 bridgehead atoms. The van der Waals surface area contributed by atoms with Gasteiger partial charge in [-0.05, 0) is 36.2 Å². The van der Waals surface area contributed by atoms with Gasteiger partial charge in [0.1, 0.15) is 0 Å². The van der Waals surface area contributed by atoms with Gasteiger partial charge in [-0.15, -0.1) is 0 Å². The number of nitrogen functional groups attached to an aromatic ring is 1. The van der Waals surface area contributed by atoms with Crippen molar-refractivity contribution in [1.29, 1.82) is 0 Å². The summed E-state index contributed by atoms with van der Waals surface area (Å²) >= 11 is 0. The van der Waals surface area contributed by atoms with Crippen molar-refractivity contribution >= 4 is 11.4 Å². The van der Waals surface area contributed by atoms with Gasteiger partial charge >= 0.3 is 0 Å². The molecule has 0 aromatic heterocycles.